The van der Waals surface area contributed by atoms with Crippen molar-refractivity contribution in [3.8, 4) is 0 Å². The Labute approximate surface area is 237 Å². The summed E-state index contributed by atoms with van der Waals surface area (Å²) in [5.74, 6) is -0.399. The molecule has 5 aliphatic rings. The molecule has 0 radical (unpaired) electrons. The molecule has 39 heavy (non-hydrogen) atoms. The number of carbonyl (C=O) groups is 3. The van der Waals surface area contributed by atoms with Gasteiger partial charge in [0.25, 0.3) is 11.8 Å². The van der Waals surface area contributed by atoms with Crippen LogP contribution in [0.4, 0.5) is 0 Å². The molecule has 9 nitrogen and oxygen atoms in total. The molecular formula is C28H35ClN6O3S. The summed E-state index contributed by atoms with van der Waals surface area (Å²) in [4.78, 5) is 49.9. The van der Waals surface area contributed by atoms with E-state index in [1.54, 1.807) is 0 Å². The summed E-state index contributed by atoms with van der Waals surface area (Å²) < 4.78 is 0. The highest BCUT2D eigenvalue weighted by Crippen LogP contribution is 2.31. The first-order valence-corrected chi connectivity index (χ1v) is 15.1. The molecule has 3 amide bonds. The molecule has 208 valence electrons. The fourth-order valence-electron chi connectivity index (χ4n) is 6.34. The zero-order valence-electron chi connectivity index (χ0n) is 22.1. The summed E-state index contributed by atoms with van der Waals surface area (Å²) in [5, 5.41) is 10.7. The third-order valence-electron chi connectivity index (χ3n) is 8.52. The number of likely N-dealkylation sites (tertiary alicyclic amines) is 1. The Hall–Kier alpha value is -2.69. The van der Waals surface area contributed by atoms with E-state index in [9.17, 15) is 14.4 Å². The smallest absolute Gasteiger partial charge is 0.280 e. The lowest BCUT2D eigenvalue weighted by Crippen LogP contribution is -2.56. The summed E-state index contributed by atoms with van der Waals surface area (Å²) in [6, 6.07) is -0.647. The molecular weight excluding hydrogens is 536 g/mol. The molecule has 1 saturated heterocycles. The molecule has 3 aliphatic heterocycles. The van der Waals surface area contributed by atoms with Crippen LogP contribution in [-0.2, 0) is 22.6 Å². The first-order valence-electron chi connectivity index (χ1n) is 14.0. The third-order valence-corrected chi connectivity index (χ3v) is 9.85. The number of thiazole rings is 1. The van der Waals surface area contributed by atoms with Crippen LogP contribution in [0, 0.1) is 11.8 Å². The molecule has 0 spiro atoms. The number of allylic oxidation sites excluding steroid dienone is 2. The highest BCUT2D eigenvalue weighted by molar-refractivity contribution is 7.13. The molecule has 0 aromatic carbocycles. The summed E-state index contributed by atoms with van der Waals surface area (Å²) >= 11 is 7.59. The number of aromatic nitrogens is 1. The highest BCUT2D eigenvalue weighted by Gasteiger charge is 2.39. The fraction of sp³-hybridized carbons (Fsp3) is 0.571. The standard InChI is InChI=1S/C28H35ClN6O3S/c1-34-11-8-21-24(15-34)39-27(33-21)26(37)32-22-13-16(28(38)35-9-2-3-10-35)4-6-20(22)31-25(36)23-14-17-12-18(29)5-7-19(17)30-23/h5,7,12,14,16-17,19-20,22,30H,2-4,6,8-11,13,15H2,1H3,(H,31,36)(H,32,37)/t16-,17?,19?,20-,22+/m0/s1. The SMILES string of the molecule is CN1CCc2nc(C(=O)N[C@@H]3C[C@@H](C(=O)N4CCCC4)CC[C@@H]3NC(=O)C3=CC4C=C(Cl)C=CC4N3)sc2C1. The van der Waals surface area contributed by atoms with E-state index in [0.29, 0.717) is 35.0 Å². The fourth-order valence-corrected chi connectivity index (χ4v) is 7.65. The molecule has 5 atom stereocenters. The van der Waals surface area contributed by atoms with Gasteiger partial charge in [-0.2, -0.15) is 0 Å². The first kappa shape index (κ1) is 26.5. The number of likely N-dealkylation sites (N-methyl/N-ethyl adjacent to an activating group) is 1. The topological polar surface area (TPSA) is 107 Å². The second-order valence-corrected chi connectivity index (χ2v) is 12.8. The summed E-state index contributed by atoms with van der Waals surface area (Å²) in [5.41, 5.74) is 1.51. The molecule has 0 bridgehead atoms. The van der Waals surface area contributed by atoms with E-state index in [0.717, 1.165) is 56.0 Å². The molecule has 6 rings (SSSR count). The van der Waals surface area contributed by atoms with Crippen LogP contribution >= 0.6 is 22.9 Å². The van der Waals surface area contributed by atoms with Gasteiger partial charge in [0, 0.05) is 60.4 Å². The number of nitrogens with one attached hydrogen (secondary N) is 3. The van der Waals surface area contributed by atoms with Gasteiger partial charge in [0.1, 0.15) is 0 Å². The van der Waals surface area contributed by atoms with Crippen molar-refractivity contribution < 1.29 is 14.4 Å². The van der Waals surface area contributed by atoms with Crippen LogP contribution < -0.4 is 16.0 Å². The van der Waals surface area contributed by atoms with Crippen LogP contribution in [-0.4, -0.2) is 77.3 Å². The zero-order valence-corrected chi connectivity index (χ0v) is 23.7. The zero-order chi connectivity index (χ0) is 27.1. The van der Waals surface area contributed by atoms with E-state index in [1.165, 1.54) is 11.3 Å². The Morgan fingerprint density at radius 1 is 1.08 bits per heavy atom. The van der Waals surface area contributed by atoms with Crippen LogP contribution in [0.25, 0.3) is 0 Å². The van der Waals surface area contributed by atoms with E-state index in [4.69, 9.17) is 11.6 Å². The lowest BCUT2D eigenvalue weighted by atomic mass is 9.81. The maximum Gasteiger partial charge on any atom is 0.280 e. The number of nitrogens with zero attached hydrogens (tertiary/aromatic N) is 3. The second-order valence-electron chi connectivity index (χ2n) is 11.3. The van der Waals surface area contributed by atoms with Crippen molar-refractivity contribution in [3.05, 3.63) is 50.6 Å². The summed E-state index contributed by atoms with van der Waals surface area (Å²) in [6.07, 6.45) is 12.4. The van der Waals surface area contributed by atoms with E-state index in [1.807, 2.05) is 29.2 Å². The van der Waals surface area contributed by atoms with Gasteiger partial charge in [-0.05, 0) is 51.3 Å². The van der Waals surface area contributed by atoms with Crippen molar-refractivity contribution in [3.63, 3.8) is 0 Å². The van der Waals surface area contributed by atoms with Crippen LogP contribution in [0.2, 0.25) is 0 Å². The molecule has 11 heteroatoms. The van der Waals surface area contributed by atoms with Gasteiger partial charge in [-0.15, -0.1) is 11.3 Å². The van der Waals surface area contributed by atoms with Gasteiger partial charge in [0.05, 0.1) is 23.5 Å². The number of halogens is 1. The van der Waals surface area contributed by atoms with E-state index in [2.05, 4.69) is 32.9 Å². The van der Waals surface area contributed by atoms with Gasteiger partial charge < -0.3 is 25.8 Å². The molecule has 2 aliphatic carbocycles. The average Bonchev–Trinajstić information content (AvgIpc) is 3.68. The van der Waals surface area contributed by atoms with Crippen molar-refractivity contribution in [1.82, 2.24) is 30.7 Å². The van der Waals surface area contributed by atoms with Crippen molar-refractivity contribution in [1.29, 1.82) is 0 Å². The van der Waals surface area contributed by atoms with Gasteiger partial charge in [-0.25, -0.2) is 4.98 Å². The Kier molecular flexibility index (Phi) is 7.52. The van der Waals surface area contributed by atoms with Crippen LogP contribution in [0.1, 0.15) is 52.5 Å². The molecule has 2 unspecified atom stereocenters. The molecule has 3 N–H and O–H groups in total. The van der Waals surface area contributed by atoms with Crippen molar-refractivity contribution in [2.45, 2.75) is 63.2 Å². The Morgan fingerprint density at radius 2 is 1.87 bits per heavy atom. The molecule has 1 saturated carbocycles. The number of rotatable bonds is 5. The number of carbonyl (C=O) groups excluding carboxylic acids is 3. The second kappa shape index (κ2) is 11.1. The maximum absolute atomic E-state index is 13.4. The lowest BCUT2D eigenvalue weighted by molar-refractivity contribution is -0.135. The summed E-state index contributed by atoms with van der Waals surface area (Å²) in [7, 11) is 2.07. The number of fused-ring (bicyclic) bond motifs is 2. The number of amides is 3. The predicted octanol–water partition coefficient (Wildman–Crippen LogP) is 2.30. The molecule has 1 aromatic rings. The van der Waals surface area contributed by atoms with Crippen LogP contribution in [0.3, 0.4) is 0 Å². The normalized spacial score (nSPS) is 30.1. The van der Waals surface area contributed by atoms with Gasteiger partial charge >= 0.3 is 0 Å². The number of hydrogen-bond acceptors (Lipinski definition) is 7. The van der Waals surface area contributed by atoms with Crippen molar-refractivity contribution in [2.75, 3.05) is 26.7 Å². The Morgan fingerprint density at radius 3 is 2.69 bits per heavy atom. The predicted molar refractivity (Wildman–Crippen MR) is 150 cm³/mol. The van der Waals surface area contributed by atoms with Gasteiger partial charge in [0.2, 0.25) is 5.91 Å². The lowest BCUT2D eigenvalue weighted by Gasteiger charge is -2.37. The van der Waals surface area contributed by atoms with Crippen LogP contribution in [0.15, 0.2) is 35.0 Å². The number of hydrogen-bond donors (Lipinski definition) is 3. The largest absolute Gasteiger partial charge is 0.374 e. The summed E-state index contributed by atoms with van der Waals surface area (Å²) in [6.45, 7) is 3.34. The van der Waals surface area contributed by atoms with Crippen molar-refractivity contribution in [2.24, 2.45) is 11.8 Å². The quantitative estimate of drug-likeness (QED) is 0.502. The minimum Gasteiger partial charge on any atom is -0.374 e. The monoisotopic (exact) mass is 570 g/mol. The Balaban J connectivity index is 1.17. The first-order chi connectivity index (χ1) is 18.8. The van der Waals surface area contributed by atoms with Crippen molar-refractivity contribution >= 4 is 40.7 Å². The van der Waals surface area contributed by atoms with Gasteiger partial charge in [-0.1, -0.05) is 23.8 Å². The minimum absolute atomic E-state index is 0.00699. The van der Waals surface area contributed by atoms with Gasteiger partial charge in [-0.3, -0.25) is 14.4 Å². The third kappa shape index (κ3) is 5.64. The average molecular weight is 571 g/mol. The maximum atomic E-state index is 13.4. The van der Waals surface area contributed by atoms with E-state index >= 15 is 0 Å². The Bertz CT molecular complexity index is 1250. The molecule has 2 fully saturated rings. The van der Waals surface area contributed by atoms with Crippen LogP contribution in [0.5, 0.6) is 0 Å². The van der Waals surface area contributed by atoms with E-state index < -0.39 is 0 Å². The van der Waals surface area contributed by atoms with E-state index in [-0.39, 0.29) is 47.7 Å². The molecule has 4 heterocycles. The highest BCUT2D eigenvalue weighted by atomic mass is 35.5. The van der Waals surface area contributed by atoms with Gasteiger partial charge in [0.15, 0.2) is 5.01 Å². The molecule has 1 aromatic heterocycles. The minimum atomic E-state index is -0.367.